The van der Waals surface area contributed by atoms with Gasteiger partial charge in [-0.1, -0.05) is 18.2 Å². The molecule has 1 aromatic carbocycles. The van der Waals surface area contributed by atoms with Gasteiger partial charge in [0.05, 0.1) is 18.5 Å². The summed E-state index contributed by atoms with van der Waals surface area (Å²) < 4.78 is 7.39. The Morgan fingerprint density at radius 1 is 1.39 bits per heavy atom. The number of para-hydroxylation sites is 1. The maximum Gasteiger partial charge on any atom is 0.134 e. The molecule has 2 heterocycles. The predicted octanol–water partition coefficient (Wildman–Crippen LogP) is 2.70. The van der Waals surface area contributed by atoms with Crippen molar-refractivity contribution < 1.29 is 4.42 Å². The molecule has 0 saturated heterocycles. The van der Waals surface area contributed by atoms with Crippen LogP contribution in [0.25, 0.3) is 11.0 Å². The molecule has 0 saturated carbocycles. The molecule has 4 heteroatoms. The fourth-order valence-electron chi connectivity index (χ4n) is 2.13. The molecule has 0 amide bonds. The number of nitrogens with two attached hydrogens (primary N) is 1. The highest BCUT2D eigenvalue weighted by atomic mass is 16.3. The lowest BCUT2D eigenvalue weighted by Crippen LogP contribution is -2.10. The highest BCUT2D eigenvalue weighted by molar-refractivity contribution is 5.81. The van der Waals surface area contributed by atoms with Crippen LogP contribution in [-0.4, -0.2) is 9.78 Å². The fourth-order valence-corrected chi connectivity index (χ4v) is 2.13. The molecule has 92 valence electrons. The summed E-state index contributed by atoms with van der Waals surface area (Å²) in [6, 6.07) is 7.72. The van der Waals surface area contributed by atoms with Gasteiger partial charge in [-0.2, -0.15) is 5.10 Å². The summed E-state index contributed by atoms with van der Waals surface area (Å²) in [6.07, 6.45) is 5.53. The first-order chi connectivity index (χ1) is 8.79. The van der Waals surface area contributed by atoms with Crippen molar-refractivity contribution in [2.75, 3.05) is 0 Å². The predicted molar refractivity (Wildman–Crippen MR) is 70.1 cm³/mol. The lowest BCUT2D eigenvalue weighted by atomic mass is 10.0. The van der Waals surface area contributed by atoms with Crippen LogP contribution in [0.2, 0.25) is 0 Å². The van der Waals surface area contributed by atoms with E-state index in [1.165, 1.54) is 0 Å². The van der Waals surface area contributed by atoms with Crippen LogP contribution < -0.4 is 5.73 Å². The van der Waals surface area contributed by atoms with Crippen molar-refractivity contribution in [2.24, 2.45) is 5.73 Å². The van der Waals surface area contributed by atoms with E-state index in [2.05, 4.69) is 12.0 Å². The van der Waals surface area contributed by atoms with E-state index < -0.39 is 0 Å². The number of hydrogen-bond donors (Lipinski definition) is 1. The number of rotatable bonds is 3. The van der Waals surface area contributed by atoms with E-state index in [-0.39, 0.29) is 6.04 Å². The highest BCUT2D eigenvalue weighted by Crippen LogP contribution is 2.28. The quantitative estimate of drug-likeness (QED) is 0.767. The molecule has 0 aliphatic carbocycles. The van der Waals surface area contributed by atoms with Crippen LogP contribution in [0.4, 0.5) is 0 Å². The Balaban J connectivity index is 2.03. The number of hydrogen-bond acceptors (Lipinski definition) is 3. The van der Waals surface area contributed by atoms with E-state index in [0.717, 1.165) is 28.6 Å². The van der Waals surface area contributed by atoms with Crippen molar-refractivity contribution in [3.8, 4) is 0 Å². The standard InChI is InChI=1S/C14H15N3O/c1-2-17-8-10(7-16-17)14(15)12-9-18-13-6-4-3-5-11(12)13/h3-9,14H,2,15H2,1H3. The number of aromatic nitrogens is 2. The van der Waals surface area contributed by atoms with E-state index in [9.17, 15) is 0 Å². The Morgan fingerprint density at radius 2 is 2.22 bits per heavy atom. The molecule has 0 radical (unpaired) electrons. The first-order valence-electron chi connectivity index (χ1n) is 6.03. The topological polar surface area (TPSA) is 57.0 Å². The first-order valence-corrected chi connectivity index (χ1v) is 6.03. The molecule has 3 rings (SSSR count). The largest absolute Gasteiger partial charge is 0.464 e. The van der Waals surface area contributed by atoms with Gasteiger partial charge in [-0.25, -0.2) is 0 Å². The fraction of sp³-hybridized carbons (Fsp3) is 0.214. The maximum atomic E-state index is 6.28. The molecule has 2 N–H and O–H groups in total. The van der Waals surface area contributed by atoms with Crippen molar-refractivity contribution in [1.82, 2.24) is 9.78 Å². The summed E-state index contributed by atoms with van der Waals surface area (Å²) in [6.45, 7) is 2.90. The Labute approximate surface area is 105 Å². The molecule has 3 aromatic rings. The van der Waals surface area contributed by atoms with Crippen LogP contribution in [0.5, 0.6) is 0 Å². The van der Waals surface area contributed by atoms with Crippen LogP contribution >= 0.6 is 0 Å². The van der Waals surface area contributed by atoms with Crippen molar-refractivity contribution in [3.05, 3.63) is 54.0 Å². The monoisotopic (exact) mass is 241 g/mol. The van der Waals surface area contributed by atoms with Crippen LogP contribution in [0.3, 0.4) is 0 Å². The van der Waals surface area contributed by atoms with E-state index in [1.54, 1.807) is 6.26 Å². The van der Waals surface area contributed by atoms with Crippen molar-refractivity contribution in [2.45, 2.75) is 19.5 Å². The molecule has 0 fully saturated rings. The number of fused-ring (bicyclic) bond motifs is 1. The Bertz CT molecular complexity index is 668. The molecular formula is C14H15N3O. The third-order valence-electron chi connectivity index (χ3n) is 3.18. The van der Waals surface area contributed by atoms with Crippen LogP contribution in [0.1, 0.15) is 24.1 Å². The van der Waals surface area contributed by atoms with Gasteiger partial charge in [0, 0.05) is 29.3 Å². The van der Waals surface area contributed by atoms with E-state index in [4.69, 9.17) is 10.2 Å². The van der Waals surface area contributed by atoms with Crippen molar-refractivity contribution >= 4 is 11.0 Å². The Hall–Kier alpha value is -2.07. The van der Waals surface area contributed by atoms with Gasteiger partial charge in [-0.15, -0.1) is 0 Å². The van der Waals surface area contributed by atoms with E-state index in [1.807, 2.05) is 41.3 Å². The molecule has 1 unspecified atom stereocenters. The average Bonchev–Trinajstić information content (AvgIpc) is 3.04. The number of furan rings is 1. The van der Waals surface area contributed by atoms with Gasteiger partial charge in [-0.3, -0.25) is 4.68 Å². The van der Waals surface area contributed by atoms with Gasteiger partial charge in [0.2, 0.25) is 0 Å². The summed E-state index contributed by atoms with van der Waals surface area (Å²) in [5, 5.41) is 5.32. The average molecular weight is 241 g/mol. The van der Waals surface area contributed by atoms with Crippen molar-refractivity contribution in [1.29, 1.82) is 0 Å². The summed E-state index contributed by atoms with van der Waals surface area (Å²) >= 11 is 0. The minimum absolute atomic E-state index is 0.200. The normalized spacial score (nSPS) is 13.0. The minimum Gasteiger partial charge on any atom is -0.464 e. The second-order valence-corrected chi connectivity index (χ2v) is 4.29. The zero-order valence-corrected chi connectivity index (χ0v) is 10.2. The minimum atomic E-state index is -0.200. The summed E-state index contributed by atoms with van der Waals surface area (Å²) in [4.78, 5) is 0. The van der Waals surface area contributed by atoms with Crippen LogP contribution in [0.15, 0.2) is 47.3 Å². The molecule has 18 heavy (non-hydrogen) atoms. The second kappa shape index (κ2) is 4.31. The summed E-state index contributed by atoms with van der Waals surface area (Å²) in [7, 11) is 0. The molecule has 4 nitrogen and oxygen atoms in total. The molecular weight excluding hydrogens is 226 g/mol. The maximum absolute atomic E-state index is 6.28. The SMILES string of the molecule is CCn1cc(C(N)c2coc3ccccc23)cn1. The van der Waals surface area contributed by atoms with Crippen LogP contribution in [-0.2, 0) is 6.54 Å². The molecule has 0 aliphatic heterocycles. The second-order valence-electron chi connectivity index (χ2n) is 4.29. The summed E-state index contributed by atoms with van der Waals surface area (Å²) in [5.41, 5.74) is 9.15. The number of benzene rings is 1. The lowest BCUT2D eigenvalue weighted by molar-refractivity contribution is 0.607. The van der Waals surface area contributed by atoms with E-state index >= 15 is 0 Å². The smallest absolute Gasteiger partial charge is 0.134 e. The third kappa shape index (κ3) is 1.71. The molecule has 2 aromatic heterocycles. The molecule has 0 bridgehead atoms. The van der Waals surface area contributed by atoms with Crippen LogP contribution in [0, 0.1) is 0 Å². The lowest BCUT2D eigenvalue weighted by Gasteiger charge is -2.07. The highest BCUT2D eigenvalue weighted by Gasteiger charge is 2.16. The molecule has 1 atom stereocenters. The first kappa shape index (κ1) is 11.0. The number of nitrogens with zero attached hydrogens (tertiary/aromatic N) is 2. The van der Waals surface area contributed by atoms with Gasteiger partial charge >= 0.3 is 0 Å². The molecule has 0 spiro atoms. The van der Waals surface area contributed by atoms with Gasteiger partial charge in [-0.05, 0) is 13.0 Å². The third-order valence-corrected chi connectivity index (χ3v) is 3.18. The van der Waals surface area contributed by atoms with Crippen molar-refractivity contribution in [3.63, 3.8) is 0 Å². The van der Waals surface area contributed by atoms with Gasteiger partial charge in [0.15, 0.2) is 0 Å². The Kier molecular flexibility index (Phi) is 2.64. The zero-order valence-electron chi connectivity index (χ0n) is 10.2. The van der Waals surface area contributed by atoms with Gasteiger partial charge in [0.25, 0.3) is 0 Å². The number of aryl methyl sites for hydroxylation is 1. The molecule has 0 aliphatic rings. The van der Waals surface area contributed by atoms with E-state index in [0.29, 0.717) is 0 Å². The zero-order chi connectivity index (χ0) is 12.5. The summed E-state index contributed by atoms with van der Waals surface area (Å²) in [5.74, 6) is 0. The van der Waals surface area contributed by atoms with Gasteiger partial charge < -0.3 is 10.2 Å². The van der Waals surface area contributed by atoms with Gasteiger partial charge in [0.1, 0.15) is 5.58 Å². The Morgan fingerprint density at radius 3 is 3.00 bits per heavy atom.